The van der Waals surface area contributed by atoms with Crippen molar-refractivity contribution in [3.63, 3.8) is 0 Å². The third kappa shape index (κ3) is 1.99. The Bertz CT molecular complexity index is 373. The number of oxime groups is 1. The highest BCUT2D eigenvalue weighted by Crippen LogP contribution is 2.66. The van der Waals surface area contributed by atoms with E-state index >= 15 is 0 Å². The van der Waals surface area contributed by atoms with Crippen LogP contribution in [0.2, 0.25) is 0 Å². The zero-order chi connectivity index (χ0) is 13.6. The highest BCUT2D eigenvalue weighted by molar-refractivity contribution is 5.94. The average molecular weight is 250 g/mol. The first-order valence-electron chi connectivity index (χ1n) is 6.81. The summed E-state index contributed by atoms with van der Waals surface area (Å²) in [5.41, 5.74) is 1.71. The van der Waals surface area contributed by atoms with Gasteiger partial charge in [-0.15, -0.1) is 0 Å². The lowest BCUT2D eigenvalue weighted by Crippen LogP contribution is -2.51. The molecule has 0 aliphatic heterocycles. The van der Waals surface area contributed by atoms with Gasteiger partial charge in [0, 0.05) is 0 Å². The maximum atomic E-state index is 5.35. The fourth-order valence-corrected chi connectivity index (χ4v) is 3.39. The minimum absolute atomic E-state index is 0.0378. The number of rotatable bonds is 4. The van der Waals surface area contributed by atoms with Crippen molar-refractivity contribution < 1.29 is 4.84 Å². The Morgan fingerprint density at radius 3 is 2.61 bits per heavy atom. The van der Waals surface area contributed by atoms with E-state index in [1.54, 1.807) is 6.08 Å². The molecule has 0 radical (unpaired) electrons. The average Bonchev–Trinajstić information content (AvgIpc) is 2.80. The summed E-state index contributed by atoms with van der Waals surface area (Å²) in [5.74, 6) is 1.62. The van der Waals surface area contributed by atoms with Gasteiger partial charge < -0.3 is 4.84 Å². The fraction of sp³-hybridized carbons (Fsp3) is 0.800. The molecule has 2 fully saturated rings. The Balaban J connectivity index is 2.19. The van der Waals surface area contributed by atoms with Crippen molar-refractivity contribution in [1.29, 1.82) is 0 Å². The second kappa shape index (κ2) is 4.37. The van der Waals surface area contributed by atoms with Gasteiger partial charge in [0.15, 0.2) is 0 Å². The van der Waals surface area contributed by atoms with E-state index in [2.05, 4.69) is 51.5 Å². The maximum absolute atomic E-state index is 5.35. The second-order valence-corrected chi connectivity index (χ2v) is 6.73. The Morgan fingerprint density at radius 2 is 2.06 bits per heavy atom. The molecule has 0 aromatic rings. The Labute approximate surface area is 111 Å². The van der Waals surface area contributed by atoms with Gasteiger partial charge in [0.05, 0.1) is 11.3 Å². The third-order valence-electron chi connectivity index (χ3n) is 5.29. The first kappa shape index (κ1) is 13.6. The molecular formula is C15H26N2O. The standard InChI is InChI=1S/C15H26N2O/c1-7-8-18-16-13-9-11-12(14(11,2)3)10-15(13,4)17(5)6/h7,11-12H,1,8-10H2,2-6H3/b16-13-/t11-,12-,15+/m1/s1. The molecule has 0 aromatic heterocycles. The highest BCUT2D eigenvalue weighted by atomic mass is 16.6. The summed E-state index contributed by atoms with van der Waals surface area (Å²) in [6.07, 6.45) is 4.00. The molecule has 0 amide bonds. The molecule has 3 nitrogen and oxygen atoms in total. The number of hydrogen-bond donors (Lipinski definition) is 0. The molecule has 18 heavy (non-hydrogen) atoms. The molecule has 0 bridgehead atoms. The van der Waals surface area contributed by atoms with E-state index in [4.69, 9.17) is 4.84 Å². The Kier molecular flexibility index (Phi) is 3.30. The third-order valence-corrected chi connectivity index (χ3v) is 5.29. The first-order chi connectivity index (χ1) is 8.34. The van der Waals surface area contributed by atoms with Crippen LogP contribution < -0.4 is 0 Å². The van der Waals surface area contributed by atoms with E-state index in [-0.39, 0.29) is 5.54 Å². The smallest absolute Gasteiger partial charge is 0.135 e. The molecule has 0 N–H and O–H groups in total. The predicted molar refractivity (Wildman–Crippen MR) is 75.7 cm³/mol. The summed E-state index contributed by atoms with van der Waals surface area (Å²) < 4.78 is 0. The monoisotopic (exact) mass is 250 g/mol. The fourth-order valence-electron chi connectivity index (χ4n) is 3.39. The molecule has 2 rings (SSSR count). The molecule has 3 atom stereocenters. The molecule has 102 valence electrons. The number of fused-ring (bicyclic) bond motifs is 1. The van der Waals surface area contributed by atoms with Gasteiger partial charge in [0.1, 0.15) is 6.61 Å². The lowest BCUT2D eigenvalue weighted by molar-refractivity contribution is 0.153. The normalized spacial score (nSPS) is 39.6. The zero-order valence-corrected chi connectivity index (χ0v) is 12.4. The quantitative estimate of drug-likeness (QED) is 0.435. The molecule has 3 heteroatoms. The van der Waals surface area contributed by atoms with Crippen molar-refractivity contribution in [3.05, 3.63) is 12.7 Å². The lowest BCUT2D eigenvalue weighted by atomic mass is 9.80. The van der Waals surface area contributed by atoms with Crippen LogP contribution in [-0.2, 0) is 4.84 Å². The lowest BCUT2D eigenvalue weighted by Gasteiger charge is -2.40. The molecule has 0 heterocycles. The minimum Gasteiger partial charge on any atom is -0.392 e. The van der Waals surface area contributed by atoms with Gasteiger partial charge in [-0.25, -0.2) is 0 Å². The molecule has 2 saturated carbocycles. The molecule has 0 unspecified atom stereocenters. The van der Waals surface area contributed by atoms with Crippen LogP contribution in [0.1, 0.15) is 33.6 Å². The van der Waals surface area contributed by atoms with E-state index < -0.39 is 0 Å². The largest absolute Gasteiger partial charge is 0.392 e. The van der Waals surface area contributed by atoms with E-state index in [0.29, 0.717) is 12.0 Å². The van der Waals surface area contributed by atoms with Crippen LogP contribution in [0.5, 0.6) is 0 Å². The predicted octanol–water partition coefficient (Wildman–Crippen LogP) is 2.93. The van der Waals surface area contributed by atoms with Crippen molar-refractivity contribution in [2.24, 2.45) is 22.4 Å². The van der Waals surface area contributed by atoms with Gasteiger partial charge in [0.25, 0.3) is 0 Å². The van der Waals surface area contributed by atoms with E-state index in [1.165, 1.54) is 12.1 Å². The second-order valence-electron chi connectivity index (χ2n) is 6.73. The van der Waals surface area contributed by atoms with Gasteiger partial charge in [-0.05, 0) is 51.1 Å². The van der Waals surface area contributed by atoms with Crippen LogP contribution >= 0.6 is 0 Å². The van der Waals surface area contributed by atoms with Crippen LogP contribution in [0.25, 0.3) is 0 Å². The summed E-state index contributed by atoms with van der Waals surface area (Å²) in [6.45, 7) is 11.2. The van der Waals surface area contributed by atoms with Crippen molar-refractivity contribution in [2.75, 3.05) is 20.7 Å². The van der Waals surface area contributed by atoms with Gasteiger partial charge in [-0.2, -0.15) is 0 Å². The summed E-state index contributed by atoms with van der Waals surface area (Å²) in [7, 11) is 4.28. The van der Waals surface area contributed by atoms with Gasteiger partial charge in [-0.1, -0.05) is 31.7 Å². The topological polar surface area (TPSA) is 24.8 Å². The van der Waals surface area contributed by atoms with Crippen molar-refractivity contribution in [2.45, 2.75) is 39.2 Å². The van der Waals surface area contributed by atoms with E-state index in [9.17, 15) is 0 Å². The molecule has 0 spiro atoms. The summed E-state index contributed by atoms with van der Waals surface area (Å²) in [4.78, 5) is 7.63. The summed E-state index contributed by atoms with van der Waals surface area (Å²) in [5, 5.41) is 4.39. The molecular weight excluding hydrogens is 224 g/mol. The molecule has 0 saturated heterocycles. The number of hydrogen-bond acceptors (Lipinski definition) is 3. The Morgan fingerprint density at radius 1 is 1.39 bits per heavy atom. The van der Waals surface area contributed by atoms with E-state index in [1.807, 2.05) is 0 Å². The van der Waals surface area contributed by atoms with Gasteiger partial charge in [-0.3, -0.25) is 4.90 Å². The molecule has 0 aromatic carbocycles. The maximum Gasteiger partial charge on any atom is 0.135 e. The van der Waals surface area contributed by atoms with Crippen molar-refractivity contribution in [1.82, 2.24) is 4.90 Å². The van der Waals surface area contributed by atoms with Gasteiger partial charge in [0.2, 0.25) is 0 Å². The van der Waals surface area contributed by atoms with E-state index in [0.717, 1.165) is 18.3 Å². The molecule has 2 aliphatic carbocycles. The summed E-state index contributed by atoms with van der Waals surface area (Å²) in [6, 6.07) is 0. The van der Waals surface area contributed by atoms with Crippen molar-refractivity contribution >= 4 is 5.71 Å². The number of nitrogens with zero attached hydrogens (tertiary/aromatic N) is 2. The summed E-state index contributed by atoms with van der Waals surface area (Å²) >= 11 is 0. The van der Waals surface area contributed by atoms with Crippen LogP contribution in [0.4, 0.5) is 0 Å². The van der Waals surface area contributed by atoms with Crippen LogP contribution in [-0.4, -0.2) is 36.9 Å². The highest BCUT2D eigenvalue weighted by Gasteiger charge is 2.63. The zero-order valence-electron chi connectivity index (χ0n) is 12.4. The minimum atomic E-state index is 0.0378. The van der Waals surface area contributed by atoms with Crippen LogP contribution in [0.15, 0.2) is 17.8 Å². The van der Waals surface area contributed by atoms with Crippen LogP contribution in [0, 0.1) is 17.3 Å². The van der Waals surface area contributed by atoms with Crippen LogP contribution in [0.3, 0.4) is 0 Å². The van der Waals surface area contributed by atoms with Crippen molar-refractivity contribution in [3.8, 4) is 0 Å². The Hall–Kier alpha value is -0.830. The first-order valence-corrected chi connectivity index (χ1v) is 6.81. The van der Waals surface area contributed by atoms with Gasteiger partial charge >= 0.3 is 0 Å². The SMILES string of the molecule is C=CCO/N=C1/C[C@@H]2[C@@H](C[C@]1(C)N(C)C)C2(C)C. The molecule has 2 aliphatic rings.